The SMILES string of the molecule is O.O.O.[In].[SnH2]. The standard InChI is InChI=1S/In.3H2O.Sn.2H/h;3*1H2;;;. The van der Waals surface area contributed by atoms with Crippen LogP contribution in [0.1, 0.15) is 0 Å². The van der Waals surface area contributed by atoms with Crippen molar-refractivity contribution >= 4 is 49.8 Å². The molecule has 6 N–H and O–H groups in total. The summed E-state index contributed by atoms with van der Waals surface area (Å²) < 4.78 is 0. The number of hydrogen-bond acceptors (Lipinski definition) is 0. The second-order valence-corrected chi connectivity index (χ2v) is 0. The molecule has 5 heavy (non-hydrogen) atoms. The molecule has 0 heterocycles. The van der Waals surface area contributed by atoms with E-state index in [0.717, 1.165) is 0 Å². The van der Waals surface area contributed by atoms with Crippen LogP contribution in [0, 0.1) is 0 Å². The van der Waals surface area contributed by atoms with Crippen LogP contribution >= 0.6 is 0 Å². The molecule has 0 saturated carbocycles. The second kappa shape index (κ2) is 47.9. The third-order valence-electron chi connectivity index (χ3n) is 0. The van der Waals surface area contributed by atoms with Gasteiger partial charge in [-0.1, -0.05) is 0 Å². The van der Waals surface area contributed by atoms with Crippen molar-refractivity contribution in [2.24, 2.45) is 0 Å². The molecule has 0 atom stereocenters. The predicted octanol–water partition coefficient (Wildman–Crippen LogP) is -3.77. The number of rotatable bonds is 0. The topological polar surface area (TPSA) is 94.5 Å². The first-order chi connectivity index (χ1) is 0. The maximum absolute atomic E-state index is 0. The van der Waals surface area contributed by atoms with Gasteiger partial charge < -0.3 is 16.4 Å². The normalized spacial score (nSPS) is 0. The molecule has 0 aromatic rings. The summed E-state index contributed by atoms with van der Waals surface area (Å²) >= 11 is 0. The van der Waals surface area contributed by atoms with Crippen molar-refractivity contribution in [2.75, 3.05) is 0 Å². The van der Waals surface area contributed by atoms with Gasteiger partial charge in [0.25, 0.3) is 0 Å². The molecule has 0 aliphatic rings. The molecule has 5 heteroatoms. The summed E-state index contributed by atoms with van der Waals surface area (Å²) in [5.74, 6) is 0. The van der Waals surface area contributed by atoms with Crippen molar-refractivity contribution in [3.8, 4) is 0 Å². The average Bonchev–Trinajstić information content (AvgIpc) is 0. The van der Waals surface area contributed by atoms with Crippen LogP contribution in [-0.2, 0) is 0 Å². The van der Waals surface area contributed by atoms with E-state index in [2.05, 4.69) is 0 Å². The maximum atomic E-state index is 0. The van der Waals surface area contributed by atoms with Gasteiger partial charge in [0.05, 0.1) is 0 Å². The Morgan fingerprint density at radius 1 is 0.600 bits per heavy atom. The summed E-state index contributed by atoms with van der Waals surface area (Å²) in [4.78, 5) is 0. The van der Waals surface area contributed by atoms with Crippen LogP contribution < -0.4 is 0 Å². The van der Waals surface area contributed by atoms with Gasteiger partial charge in [-0.3, -0.25) is 0 Å². The third kappa shape index (κ3) is 29.1. The van der Waals surface area contributed by atoms with Gasteiger partial charge >= 0.3 is 23.9 Å². The second-order valence-electron chi connectivity index (χ2n) is 0. The molecule has 0 bridgehead atoms. The summed E-state index contributed by atoms with van der Waals surface area (Å²) in [6.45, 7) is 0. The molecule has 0 aliphatic heterocycles. The number of hydrogen-bond donors (Lipinski definition) is 0. The van der Waals surface area contributed by atoms with Crippen molar-refractivity contribution in [3.05, 3.63) is 0 Å². The van der Waals surface area contributed by atoms with E-state index in [-0.39, 0.29) is 66.2 Å². The molecule has 0 fully saturated rings. The summed E-state index contributed by atoms with van der Waals surface area (Å²) in [7, 11) is 0. The molecule has 0 spiro atoms. The third-order valence-corrected chi connectivity index (χ3v) is 0. The Morgan fingerprint density at radius 2 is 0.600 bits per heavy atom. The fraction of sp³-hybridized carbons (Fsp3) is 0. The van der Waals surface area contributed by atoms with Crippen LogP contribution in [0.4, 0.5) is 0 Å². The summed E-state index contributed by atoms with van der Waals surface area (Å²) in [5.41, 5.74) is 0. The molecule has 0 rings (SSSR count). The molecular formula is H8InO3Sn. The van der Waals surface area contributed by atoms with Gasteiger partial charge in [0.2, 0.25) is 0 Å². The molecule has 5 radical (unpaired) electrons. The van der Waals surface area contributed by atoms with E-state index < -0.39 is 0 Å². The molecule has 0 aliphatic carbocycles. The minimum atomic E-state index is 0. The molecule has 0 aromatic heterocycles. The minimum absolute atomic E-state index is 0. The average molecular weight is 290 g/mol. The molecule has 0 aromatic carbocycles. The van der Waals surface area contributed by atoms with E-state index in [9.17, 15) is 0 Å². The molecule has 3 nitrogen and oxygen atoms in total. The zero-order valence-electron chi connectivity index (χ0n) is 2.78. The van der Waals surface area contributed by atoms with E-state index in [0.29, 0.717) is 0 Å². The van der Waals surface area contributed by atoms with Gasteiger partial charge in [-0.2, -0.15) is 0 Å². The first-order valence-corrected chi connectivity index (χ1v) is 0. The zero-order chi connectivity index (χ0) is 0. The van der Waals surface area contributed by atoms with Crippen molar-refractivity contribution in [1.29, 1.82) is 0 Å². The Balaban J connectivity index is 0. The Hall–Kier alpha value is 1.55. The van der Waals surface area contributed by atoms with E-state index >= 15 is 0 Å². The van der Waals surface area contributed by atoms with Crippen molar-refractivity contribution in [2.45, 2.75) is 0 Å². The van der Waals surface area contributed by atoms with Crippen molar-refractivity contribution in [3.63, 3.8) is 0 Å². The van der Waals surface area contributed by atoms with Gasteiger partial charge in [0.15, 0.2) is 0 Å². The monoisotopic (exact) mass is 291 g/mol. The van der Waals surface area contributed by atoms with Gasteiger partial charge in [-0.05, 0) is 0 Å². The van der Waals surface area contributed by atoms with Gasteiger partial charge in [0, 0.05) is 25.8 Å². The van der Waals surface area contributed by atoms with Crippen molar-refractivity contribution < 1.29 is 16.4 Å². The fourth-order valence-electron chi connectivity index (χ4n) is 0. The summed E-state index contributed by atoms with van der Waals surface area (Å²) in [6, 6.07) is 0. The fourth-order valence-corrected chi connectivity index (χ4v) is 0. The van der Waals surface area contributed by atoms with Crippen LogP contribution in [0.25, 0.3) is 0 Å². The Kier molecular flexibility index (Phi) is 805. The van der Waals surface area contributed by atoms with Gasteiger partial charge in [-0.25, -0.2) is 0 Å². The van der Waals surface area contributed by atoms with E-state index in [1.54, 1.807) is 0 Å². The molecular weight excluding hydrogens is 282 g/mol. The first kappa shape index (κ1) is 84.1. The Bertz CT molecular complexity index is 6.85. The van der Waals surface area contributed by atoms with Gasteiger partial charge in [-0.15, -0.1) is 0 Å². The van der Waals surface area contributed by atoms with E-state index in [1.165, 1.54) is 0 Å². The predicted molar refractivity (Wildman–Crippen MR) is 25.1 cm³/mol. The van der Waals surface area contributed by atoms with Crippen LogP contribution in [0.5, 0.6) is 0 Å². The molecule has 33 valence electrons. The van der Waals surface area contributed by atoms with Gasteiger partial charge in [0.1, 0.15) is 0 Å². The van der Waals surface area contributed by atoms with Crippen LogP contribution in [0.15, 0.2) is 0 Å². The van der Waals surface area contributed by atoms with Crippen LogP contribution in [-0.4, -0.2) is 66.2 Å². The summed E-state index contributed by atoms with van der Waals surface area (Å²) in [5, 5.41) is 0. The Labute approximate surface area is 65.8 Å². The van der Waals surface area contributed by atoms with E-state index in [1.807, 2.05) is 0 Å². The molecule has 0 amide bonds. The van der Waals surface area contributed by atoms with E-state index in [4.69, 9.17) is 0 Å². The quantitative estimate of drug-likeness (QED) is 0.409. The van der Waals surface area contributed by atoms with Crippen LogP contribution in [0.3, 0.4) is 0 Å². The molecule has 0 saturated heterocycles. The summed E-state index contributed by atoms with van der Waals surface area (Å²) in [6.07, 6.45) is 0. The molecule has 0 unspecified atom stereocenters. The zero-order valence-corrected chi connectivity index (χ0v) is 10.1. The first-order valence-electron chi connectivity index (χ1n) is 0. The Morgan fingerprint density at radius 3 is 0.600 bits per heavy atom. The van der Waals surface area contributed by atoms with Crippen LogP contribution in [0.2, 0.25) is 0 Å². The van der Waals surface area contributed by atoms with Crippen molar-refractivity contribution in [1.82, 2.24) is 0 Å².